The molecule has 0 spiro atoms. The van der Waals surface area contributed by atoms with Gasteiger partial charge in [-0.15, -0.1) is 0 Å². The number of carbonyl (C=O) groups excluding carboxylic acids is 2. The summed E-state index contributed by atoms with van der Waals surface area (Å²) >= 11 is 12.2. The van der Waals surface area contributed by atoms with Crippen molar-refractivity contribution in [2.75, 3.05) is 20.2 Å². The minimum absolute atomic E-state index is 0.125. The number of benzene rings is 1. The van der Waals surface area contributed by atoms with E-state index >= 15 is 0 Å². The highest BCUT2D eigenvalue weighted by Crippen LogP contribution is 2.34. The molecular formula is C18H18Cl2N4O4. The molecular weight excluding hydrogens is 407 g/mol. The number of ether oxygens (including phenoxy) is 1. The van der Waals surface area contributed by atoms with E-state index in [0.717, 1.165) is 0 Å². The Hall–Kier alpha value is -2.58. The van der Waals surface area contributed by atoms with Crippen molar-refractivity contribution in [3.63, 3.8) is 0 Å². The van der Waals surface area contributed by atoms with Crippen LogP contribution in [0.25, 0.3) is 0 Å². The van der Waals surface area contributed by atoms with Crippen LogP contribution in [-0.4, -0.2) is 53.2 Å². The molecule has 2 aromatic rings. The molecule has 1 fully saturated rings. The van der Waals surface area contributed by atoms with E-state index in [1.54, 1.807) is 17.0 Å². The Morgan fingerprint density at radius 3 is 2.46 bits per heavy atom. The predicted octanol–water partition coefficient (Wildman–Crippen LogP) is 2.12. The van der Waals surface area contributed by atoms with Crippen LogP contribution in [-0.2, 0) is 0 Å². The minimum atomic E-state index is -0.378. The smallest absolute Gasteiger partial charge is 0.274 e. The Kier molecular flexibility index (Phi) is 6.21. The van der Waals surface area contributed by atoms with Gasteiger partial charge in [0.25, 0.3) is 17.4 Å². The molecule has 0 aliphatic carbocycles. The highest BCUT2D eigenvalue weighted by Gasteiger charge is 2.27. The van der Waals surface area contributed by atoms with Crippen LogP contribution >= 0.6 is 23.2 Å². The lowest BCUT2D eigenvalue weighted by atomic mass is 10.0. The molecule has 148 valence electrons. The zero-order valence-electron chi connectivity index (χ0n) is 15.0. The maximum atomic E-state index is 12.7. The second-order valence-corrected chi connectivity index (χ2v) is 7.10. The molecule has 8 nitrogen and oxygen atoms in total. The molecule has 0 atom stereocenters. The van der Waals surface area contributed by atoms with E-state index in [1.807, 2.05) is 0 Å². The van der Waals surface area contributed by atoms with Crippen LogP contribution in [0.3, 0.4) is 0 Å². The minimum Gasteiger partial charge on any atom is -0.494 e. The summed E-state index contributed by atoms with van der Waals surface area (Å²) < 4.78 is 5.21. The van der Waals surface area contributed by atoms with E-state index in [4.69, 9.17) is 27.9 Å². The van der Waals surface area contributed by atoms with Crippen molar-refractivity contribution in [3.8, 4) is 5.75 Å². The van der Waals surface area contributed by atoms with Gasteiger partial charge in [0.05, 0.1) is 17.2 Å². The van der Waals surface area contributed by atoms with Gasteiger partial charge in [-0.25, -0.2) is 5.10 Å². The summed E-state index contributed by atoms with van der Waals surface area (Å²) in [5, 5.41) is 9.47. The lowest BCUT2D eigenvalue weighted by molar-refractivity contribution is 0.0691. The number of aromatic amines is 1. The molecule has 1 aliphatic rings. The fourth-order valence-corrected chi connectivity index (χ4v) is 3.52. The molecule has 1 aromatic heterocycles. The Bertz CT molecular complexity index is 935. The number of likely N-dealkylation sites (tertiary alicyclic amines) is 1. The molecule has 1 aromatic carbocycles. The fraction of sp³-hybridized carbons (Fsp3) is 0.333. The van der Waals surface area contributed by atoms with Crippen LogP contribution < -0.4 is 15.6 Å². The predicted molar refractivity (Wildman–Crippen MR) is 104 cm³/mol. The third-order valence-electron chi connectivity index (χ3n) is 4.51. The number of piperidine rings is 1. The molecule has 0 unspecified atom stereocenters. The third kappa shape index (κ3) is 4.28. The summed E-state index contributed by atoms with van der Waals surface area (Å²) in [4.78, 5) is 37.8. The van der Waals surface area contributed by atoms with Crippen LogP contribution in [0.2, 0.25) is 10.0 Å². The van der Waals surface area contributed by atoms with Crippen molar-refractivity contribution in [1.82, 2.24) is 20.4 Å². The zero-order chi connectivity index (χ0) is 20.3. The highest BCUT2D eigenvalue weighted by atomic mass is 35.5. The van der Waals surface area contributed by atoms with Gasteiger partial charge in [-0.3, -0.25) is 14.4 Å². The molecule has 10 heteroatoms. The molecule has 2 heterocycles. The number of nitrogens with one attached hydrogen (secondary N) is 2. The average Bonchev–Trinajstić information content (AvgIpc) is 2.70. The number of hydrogen-bond donors (Lipinski definition) is 2. The van der Waals surface area contributed by atoms with Crippen molar-refractivity contribution in [2.45, 2.75) is 18.9 Å². The quantitative estimate of drug-likeness (QED) is 0.781. The van der Waals surface area contributed by atoms with Gasteiger partial charge in [-0.1, -0.05) is 23.2 Å². The first-order valence-electron chi connectivity index (χ1n) is 8.58. The van der Waals surface area contributed by atoms with E-state index in [2.05, 4.69) is 15.5 Å². The topological polar surface area (TPSA) is 104 Å². The second kappa shape index (κ2) is 8.62. The Morgan fingerprint density at radius 2 is 1.86 bits per heavy atom. The number of nitrogens with zero attached hydrogens (tertiary/aromatic N) is 2. The summed E-state index contributed by atoms with van der Waals surface area (Å²) in [5.74, 6) is -0.416. The summed E-state index contributed by atoms with van der Waals surface area (Å²) in [6.45, 7) is 0.899. The van der Waals surface area contributed by atoms with E-state index in [-0.39, 0.29) is 45.4 Å². The Morgan fingerprint density at radius 1 is 1.18 bits per heavy atom. The molecule has 0 radical (unpaired) electrons. The number of hydrogen-bond acceptors (Lipinski definition) is 5. The monoisotopic (exact) mass is 424 g/mol. The highest BCUT2D eigenvalue weighted by molar-refractivity contribution is 6.37. The maximum Gasteiger partial charge on any atom is 0.274 e. The van der Waals surface area contributed by atoms with E-state index < -0.39 is 0 Å². The number of H-pyrrole nitrogens is 1. The summed E-state index contributed by atoms with van der Waals surface area (Å²) in [7, 11) is 1.42. The van der Waals surface area contributed by atoms with E-state index in [0.29, 0.717) is 31.0 Å². The van der Waals surface area contributed by atoms with Crippen molar-refractivity contribution >= 4 is 35.0 Å². The van der Waals surface area contributed by atoms with Crippen LogP contribution in [0.1, 0.15) is 33.7 Å². The van der Waals surface area contributed by atoms with E-state index in [9.17, 15) is 14.4 Å². The van der Waals surface area contributed by atoms with Crippen LogP contribution in [0, 0.1) is 0 Å². The van der Waals surface area contributed by atoms with Gasteiger partial charge in [0.2, 0.25) is 0 Å². The van der Waals surface area contributed by atoms with Crippen LogP contribution in [0.4, 0.5) is 0 Å². The first-order chi connectivity index (χ1) is 13.4. The van der Waals surface area contributed by atoms with Gasteiger partial charge < -0.3 is 15.0 Å². The van der Waals surface area contributed by atoms with Gasteiger partial charge in [-0.2, -0.15) is 5.10 Å². The van der Waals surface area contributed by atoms with Crippen LogP contribution in [0.5, 0.6) is 5.75 Å². The summed E-state index contributed by atoms with van der Waals surface area (Å²) in [6, 6.07) is 5.63. The fourth-order valence-electron chi connectivity index (χ4n) is 3.05. The maximum absolute atomic E-state index is 12.7. The third-order valence-corrected chi connectivity index (χ3v) is 5.12. The summed E-state index contributed by atoms with van der Waals surface area (Å²) in [5.41, 5.74) is -0.00165. The number of halogens is 2. The SMILES string of the molecule is COc1c(Cl)ccc(Cl)c1C(=O)NC1CCN(C(=O)c2ccc(=O)[nH]n2)CC1. The van der Waals surface area contributed by atoms with Crippen LogP contribution in [0.15, 0.2) is 29.1 Å². The normalized spacial score (nSPS) is 14.6. The Balaban J connectivity index is 1.62. The zero-order valence-corrected chi connectivity index (χ0v) is 16.5. The molecule has 1 aliphatic heterocycles. The largest absolute Gasteiger partial charge is 0.494 e. The van der Waals surface area contributed by atoms with Gasteiger partial charge in [-0.05, 0) is 31.0 Å². The molecule has 0 saturated carbocycles. The van der Waals surface area contributed by atoms with Gasteiger partial charge >= 0.3 is 0 Å². The Labute approximate surface area is 170 Å². The van der Waals surface area contributed by atoms with Crippen molar-refractivity contribution in [2.24, 2.45) is 0 Å². The second-order valence-electron chi connectivity index (χ2n) is 6.28. The van der Waals surface area contributed by atoms with E-state index in [1.165, 1.54) is 19.2 Å². The molecule has 2 amide bonds. The van der Waals surface area contributed by atoms with Crippen molar-refractivity contribution in [3.05, 3.63) is 55.9 Å². The summed E-state index contributed by atoms with van der Waals surface area (Å²) in [6.07, 6.45) is 1.14. The van der Waals surface area contributed by atoms with Gasteiger partial charge in [0.15, 0.2) is 5.75 Å². The van der Waals surface area contributed by atoms with Crippen molar-refractivity contribution < 1.29 is 14.3 Å². The van der Waals surface area contributed by atoms with Gasteiger partial charge in [0, 0.05) is 25.2 Å². The lowest BCUT2D eigenvalue weighted by Crippen LogP contribution is -2.46. The number of rotatable bonds is 4. The number of amides is 2. The molecule has 0 bridgehead atoms. The average molecular weight is 425 g/mol. The van der Waals surface area contributed by atoms with Crippen molar-refractivity contribution in [1.29, 1.82) is 0 Å². The van der Waals surface area contributed by atoms with Gasteiger partial charge in [0.1, 0.15) is 11.3 Å². The molecule has 28 heavy (non-hydrogen) atoms. The lowest BCUT2D eigenvalue weighted by Gasteiger charge is -2.32. The number of carbonyl (C=O) groups is 2. The first kappa shape index (κ1) is 20.2. The molecule has 2 N–H and O–H groups in total. The number of aromatic nitrogens is 2. The molecule has 1 saturated heterocycles. The number of methoxy groups -OCH3 is 1. The first-order valence-corrected chi connectivity index (χ1v) is 9.34. The standard InChI is InChI=1S/C18H18Cl2N4O4/c1-28-16-12(20)3-2-11(19)15(16)17(26)21-10-6-8-24(9-7-10)18(27)13-4-5-14(25)23-22-13/h2-5,10H,6-9H2,1H3,(H,21,26)(H,23,25). The molecule has 3 rings (SSSR count).